The Labute approximate surface area is 125 Å². The molecule has 0 bridgehead atoms. The average Bonchev–Trinajstić information content (AvgIpc) is 2.43. The summed E-state index contributed by atoms with van der Waals surface area (Å²) in [6.45, 7) is 2.89. The van der Waals surface area contributed by atoms with E-state index in [1.807, 2.05) is 0 Å². The number of unbranched alkanes of at least 4 members (excludes halogenated alkanes) is 9. The number of methoxy groups -OCH3 is 1. The van der Waals surface area contributed by atoms with Gasteiger partial charge in [0.2, 0.25) is 5.91 Å². The third-order valence-electron chi connectivity index (χ3n) is 3.98. The van der Waals surface area contributed by atoms with Crippen molar-refractivity contribution < 1.29 is 9.53 Å². The topological polar surface area (TPSA) is 52.3 Å². The van der Waals surface area contributed by atoms with Gasteiger partial charge < -0.3 is 10.5 Å². The number of amides is 1. The molecule has 0 saturated heterocycles. The van der Waals surface area contributed by atoms with E-state index < -0.39 is 0 Å². The van der Waals surface area contributed by atoms with Crippen molar-refractivity contribution in [3.8, 4) is 0 Å². The van der Waals surface area contributed by atoms with Gasteiger partial charge in [0.1, 0.15) is 0 Å². The van der Waals surface area contributed by atoms with Gasteiger partial charge in [-0.05, 0) is 12.8 Å². The van der Waals surface area contributed by atoms with Crippen LogP contribution in [0.1, 0.15) is 84.0 Å². The lowest BCUT2D eigenvalue weighted by Crippen LogP contribution is -2.24. The third kappa shape index (κ3) is 12.5. The van der Waals surface area contributed by atoms with Crippen molar-refractivity contribution in [2.45, 2.75) is 84.0 Å². The summed E-state index contributed by atoms with van der Waals surface area (Å²) in [5.41, 5.74) is 5.40. The lowest BCUT2D eigenvalue weighted by molar-refractivity contribution is -0.122. The Morgan fingerprint density at radius 2 is 1.40 bits per heavy atom. The number of rotatable bonds is 15. The molecule has 1 unspecified atom stereocenters. The molecule has 0 aromatic rings. The second-order valence-electron chi connectivity index (χ2n) is 5.85. The fourth-order valence-electron chi connectivity index (χ4n) is 2.57. The van der Waals surface area contributed by atoms with Crippen LogP contribution in [0, 0.1) is 5.92 Å². The molecule has 0 radical (unpaired) electrons. The molecule has 20 heavy (non-hydrogen) atoms. The number of carbonyl (C=O) groups is 1. The zero-order chi connectivity index (χ0) is 15.1. The van der Waals surface area contributed by atoms with Crippen molar-refractivity contribution in [3.63, 3.8) is 0 Å². The van der Waals surface area contributed by atoms with E-state index in [1.54, 1.807) is 7.11 Å². The average molecular weight is 285 g/mol. The molecule has 0 aliphatic heterocycles. The summed E-state index contributed by atoms with van der Waals surface area (Å²) in [6.07, 6.45) is 14.9. The minimum Gasteiger partial charge on any atom is -0.385 e. The lowest BCUT2D eigenvalue weighted by atomic mass is 9.96. The number of ether oxygens (including phenoxy) is 1. The Morgan fingerprint density at radius 1 is 0.900 bits per heavy atom. The highest BCUT2D eigenvalue weighted by atomic mass is 16.5. The zero-order valence-corrected chi connectivity index (χ0v) is 13.7. The summed E-state index contributed by atoms with van der Waals surface area (Å²) in [5, 5.41) is 0. The van der Waals surface area contributed by atoms with E-state index in [4.69, 9.17) is 10.5 Å². The molecule has 0 spiro atoms. The maximum atomic E-state index is 11.3. The smallest absolute Gasteiger partial charge is 0.220 e. The van der Waals surface area contributed by atoms with E-state index in [2.05, 4.69) is 6.92 Å². The molecule has 1 amide bonds. The Hall–Kier alpha value is -0.570. The van der Waals surface area contributed by atoms with Crippen LogP contribution >= 0.6 is 0 Å². The van der Waals surface area contributed by atoms with Crippen LogP contribution in [0.25, 0.3) is 0 Å². The van der Waals surface area contributed by atoms with Gasteiger partial charge in [-0.3, -0.25) is 4.79 Å². The molecule has 0 aromatic carbocycles. The van der Waals surface area contributed by atoms with E-state index >= 15 is 0 Å². The first-order valence-electron chi connectivity index (χ1n) is 8.50. The van der Waals surface area contributed by atoms with E-state index in [0.717, 1.165) is 19.3 Å². The fraction of sp³-hybridized carbons (Fsp3) is 0.941. The number of carbonyl (C=O) groups excluding carboxylic acids is 1. The third-order valence-corrected chi connectivity index (χ3v) is 3.98. The lowest BCUT2D eigenvalue weighted by Gasteiger charge is -2.12. The molecule has 0 rings (SSSR count). The summed E-state index contributed by atoms with van der Waals surface area (Å²) < 4.78 is 5.01. The maximum absolute atomic E-state index is 11.3. The minimum absolute atomic E-state index is 0.00370. The predicted molar refractivity (Wildman–Crippen MR) is 85.6 cm³/mol. The quantitative estimate of drug-likeness (QED) is 0.452. The molecule has 0 fully saturated rings. The van der Waals surface area contributed by atoms with Crippen LogP contribution < -0.4 is 5.73 Å². The van der Waals surface area contributed by atoms with Gasteiger partial charge >= 0.3 is 0 Å². The Balaban J connectivity index is 3.34. The molecule has 0 aromatic heterocycles. The number of primary amides is 1. The van der Waals surface area contributed by atoms with Gasteiger partial charge in [0, 0.05) is 19.6 Å². The van der Waals surface area contributed by atoms with Gasteiger partial charge in [-0.25, -0.2) is 0 Å². The first kappa shape index (κ1) is 19.4. The van der Waals surface area contributed by atoms with Crippen molar-refractivity contribution in [2.24, 2.45) is 11.7 Å². The zero-order valence-electron chi connectivity index (χ0n) is 13.7. The number of hydrogen-bond acceptors (Lipinski definition) is 2. The van der Waals surface area contributed by atoms with Gasteiger partial charge in [0.25, 0.3) is 0 Å². The summed E-state index contributed by atoms with van der Waals surface area (Å²) in [5.74, 6) is -0.165. The summed E-state index contributed by atoms with van der Waals surface area (Å²) in [4.78, 5) is 11.3. The highest BCUT2D eigenvalue weighted by molar-refractivity contribution is 5.76. The highest BCUT2D eigenvalue weighted by Crippen LogP contribution is 2.16. The molecule has 3 nitrogen and oxygen atoms in total. The number of nitrogens with two attached hydrogens (primary N) is 1. The normalized spacial score (nSPS) is 12.5. The van der Waals surface area contributed by atoms with Gasteiger partial charge in [0.15, 0.2) is 0 Å². The maximum Gasteiger partial charge on any atom is 0.220 e. The molecule has 120 valence electrons. The van der Waals surface area contributed by atoms with Crippen LogP contribution in [0.5, 0.6) is 0 Å². The predicted octanol–water partition coefficient (Wildman–Crippen LogP) is 4.44. The van der Waals surface area contributed by atoms with E-state index in [-0.39, 0.29) is 11.8 Å². The van der Waals surface area contributed by atoms with Crippen LogP contribution in [0.4, 0.5) is 0 Å². The van der Waals surface area contributed by atoms with Crippen molar-refractivity contribution in [3.05, 3.63) is 0 Å². The Morgan fingerprint density at radius 3 is 1.85 bits per heavy atom. The molecule has 3 heteroatoms. The summed E-state index contributed by atoms with van der Waals surface area (Å²) in [6, 6.07) is 0. The standard InChI is InChI=1S/C17H35NO2/c1-3-4-5-6-7-8-9-10-11-12-13-16(17(18)19)14-15-20-2/h16H,3-15H2,1-2H3,(H2,18,19). The SMILES string of the molecule is CCCCCCCCCCCCC(CCOC)C(N)=O. The van der Waals surface area contributed by atoms with Gasteiger partial charge in [-0.15, -0.1) is 0 Å². The second kappa shape index (κ2) is 14.8. The first-order chi connectivity index (χ1) is 9.72. The molecule has 0 saturated carbocycles. The largest absolute Gasteiger partial charge is 0.385 e. The minimum atomic E-state index is -0.169. The van der Waals surface area contributed by atoms with Gasteiger partial charge in [-0.1, -0.05) is 71.1 Å². The Bertz CT molecular complexity index is 219. The van der Waals surface area contributed by atoms with Crippen molar-refractivity contribution in [2.75, 3.05) is 13.7 Å². The van der Waals surface area contributed by atoms with E-state index in [1.165, 1.54) is 57.8 Å². The molecule has 0 aliphatic carbocycles. The van der Waals surface area contributed by atoms with Gasteiger partial charge in [-0.2, -0.15) is 0 Å². The van der Waals surface area contributed by atoms with Crippen LogP contribution in [-0.2, 0) is 9.53 Å². The number of hydrogen-bond donors (Lipinski definition) is 1. The molecular formula is C17H35NO2. The van der Waals surface area contributed by atoms with E-state index in [9.17, 15) is 4.79 Å². The van der Waals surface area contributed by atoms with Crippen molar-refractivity contribution >= 4 is 5.91 Å². The summed E-state index contributed by atoms with van der Waals surface area (Å²) in [7, 11) is 1.67. The fourth-order valence-corrected chi connectivity index (χ4v) is 2.57. The van der Waals surface area contributed by atoms with E-state index in [0.29, 0.717) is 6.61 Å². The molecule has 0 aliphatic rings. The summed E-state index contributed by atoms with van der Waals surface area (Å²) >= 11 is 0. The van der Waals surface area contributed by atoms with Crippen molar-refractivity contribution in [1.82, 2.24) is 0 Å². The van der Waals surface area contributed by atoms with Crippen LogP contribution in [0.15, 0.2) is 0 Å². The highest BCUT2D eigenvalue weighted by Gasteiger charge is 2.14. The monoisotopic (exact) mass is 285 g/mol. The van der Waals surface area contributed by atoms with Crippen LogP contribution in [-0.4, -0.2) is 19.6 Å². The Kier molecular flexibility index (Phi) is 14.4. The van der Waals surface area contributed by atoms with Crippen LogP contribution in [0.2, 0.25) is 0 Å². The van der Waals surface area contributed by atoms with Crippen molar-refractivity contribution in [1.29, 1.82) is 0 Å². The molecule has 2 N–H and O–H groups in total. The molecule has 1 atom stereocenters. The van der Waals surface area contributed by atoms with Crippen LogP contribution in [0.3, 0.4) is 0 Å². The first-order valence-corrected chi connectivity index (χ1v) is 8.50. The molecular weight excluding hydrogens is 250 g/mol. The molecule has 0 heterocycles. The van der Waals surface area contributed by atoms with Gasteiger partial charge in [0.05, 0.1) is 0 Å². The second-order valence-corrected chi connectivity index (χ2v) is 5.85.